The van der Waals surface area contributed by atoms with Crippen LogP contribution in [-0.2, 0) is 26.3 Å². The van der Waals surface area contributed by atoms with Crippen LogP contribution in [0.15, 0.2) is 71.5 Å². The number of benzene rings is 3. The second-order valence-corrected chi connectivity index (χ2v) is 7.75. The number of fused-ring (bicyclic) bond motifs is 1. The first-order valence-electron chi connectivity index (χ1n) is 10.3. The highest BCUT2D eigenvalue weighted by molar-refractivity contribution is 5.92. The minimum absolute atomic E-state index is 0.0596. The molecule has 0 saturated heterocycles. The Labute approximate surface area is 191 Å². The average Bonchev–Trinajstić information content (AvgIpc) is 3.03. The van der Waals surface area contributed by atoms with Gasteiger partial charge >= 0.3 is 12.2 Å². The molecule has 0 spiro atoms. The van der Waals surface area contributed by atoms with Gasteiger partial charge in [-0.1, -0.05) is 24.3 Å². The van der Waals surface area contributed by atoms with Crippen molar-refractivity contribution in [2.75, 3.05) is 5.32 Å². The molecule has 6 nitrogen and oxygen atoms in total. The monoisotopic (exact) mass is 472 g/mol. The lowest BCUT2D eigenvalue weighted by atomic mass is 10.1. The summed E-state index contributed by atoms with van der Waals surface area (Å²) < 4.78 is 55.0. The molecule has 1 heterocycles. The van der Waals surface area contributed by atoms with Crippen molar-refractivity contribution in [3.05, 3.63) is 99.6 Å². The van der Waals surface area contributed by atoms with Crippen molar-refractivity contribution in [3.8, 4) is 0 Å². The van der Waals surface area contributed by atoms with Crippen LogP contribution in [-0.4, -0.2) is 15.4 Å². The third-order valence-corrected chi connectivity index (χ3v) is 5.37. The van der Waals surface area contributed by atoms with Gasteiger partial charge in [-0.25, -0.2) is 9.18 Å². The van der Waals surface area contributed by atoms with E-state index < -0.39 is 17.8 Å². The van der Waals surface area contributed by atoms with E-state index in [-0.39, 0.29) is 24.5 Å². The third-order valence-electron chi connectivity index (χ3n) is 5.37. The number of nitrogens with zero attached hydrogens (tertiary/aromatic N) is 2. The zero-order chi connectivity index (χ0) is 24.5. The van der Waals surface area contributed by atoms with Crippen LogP contribution < -0.4 is 16.2 Å². The molecule has 0 unspecified atom stereocenters. The van der Waals surface area contributed by atoms with Crippen molar-refractivity contribution in [2.45, 2.75) is 19.3 Å². The summed E-state index contributed by atoms with van der Waals surface area (Å²) >= 11 is 0. The lowest BCUT2D eigenvalue weighted by Crippen LogP contribution is -2.28. The van der Waals surface area contributed by atoms with Crippen LogP contribution in [0.4, 0.5) is 28.0 Å². The predicted octanol–water partition coefficient (Wildman–Crippen LogP) is 4.87. The number of nitrogens with one attached hydrogen (secondary N) is 2. The largest absolute Gasteiger partial charge is 0.416 e. The van der Waals surface area contributed by atoms with Crippen molar-refractivity contribution in [1.29, 1.82) is 0 Å². The Morgan fingerprint density at radius 2 is 1.71 bits per heavy atom. The molecule has 0 fully saturated rings. The minimum Gasteiger partial charge on any atom is -0.334 e. The molecule has 3 aromatic carbocycles. The van der Waals surface area contributed by atoms with Crippen molar-refractivity contribution in [2.24, 2.45) is 7.05 Å². The third kappa shape index (κ3) is 4.95. The SMILES string of the molecule is Cn1c(=O)c2cc(NC(=O)NCc3ccc(F)cc3)ccc2n1Cc1cccc(C(F)(F)F)c1. The first-order valence-corrected chi connectivity index (χ1v) is 10.3. The van der Waals surface area contributed by atoms with Crippen LogP contribution in [0.1, 0.15) is 16.7 Å². The summed E-state index contributed by atoms with van der Waals surface area (Å²) in [5.41, 5.74) is 0.888. The Morgan fingerprint density at radius 1 is 0.971 bits per heavy atom. The van der Waals surface area contributed by atoms with E-state index in [1.54, 1.807) is 35.0 Å². The number of alkyl halides is 3. The zero-order valence-electron chi connectivity index (χ0n) is 18.0. The van der Waals surface area contributed by atoms with Crippen molar-refractivity contribution in [3.63, 3.8) is 0 Å². The summed E-state index contributed by atoms with van der Waals surface area (Å²) in [5.74, 6) is -0.372. The van der Waals surface area contributed by atoms with Crippen LogP contribution in [0, 0.1) is 5.82 Å². The maximum Gasteiger partial charge on any atom is 0.416 e. The van der Waals surface area contributed by atoms with E-state index in [0.717, 1.165) is 12.1 Å². The smallest absolute Gasteiger partial charge is 0.334 e. The van der Waals surface area contributed by atoms with Gasteiger partial charge in [0.25, 0.3) is 5.56 Å². The van der Waals surface area contributed by atoms with Crippen molar-refractivity contribution < 1.29 is 22.4 Å². The van der Waals surface area contributed by atoms with Gasteiger partial charge < -0.3 is 10.6 Å². The Kier molecular flexibility index (Phi) is 6.14. The molecule has 0 atom stereocenters. The Balaban J connectivity index is 1.52. The molecule has 1 aromatic heterocycles. The molecule has 2 N–H and O–H groups in total. The Hall–Kier alpha value is -4.08. The molecule has 4 rings (SSSR count). The summed E-state index contributed by atoms with van der Waals surface area (Å²) in [6.45, 7) is 0.244. The van der Waals surface area contributed by atoms with Gasteiger partial charge in [0.2, 0.25) is 0 Å². The highest BCUT2D eigenvalue weighted by Gasteiger charge is 2.30. The Morgan fingerprint density at radius 3 is 2.41 bits per heavy atom. The molecule has 0 bridgehead atoms. The maximum absolute atomic E-state index is 13.0. The van der Waals surface area contributed by atoms with E-state index in [4.69, 9.17) is 0 Å². The lowest BCUT2D eigenvalue weighted by Gasteiger charge is -2.12. The van der Waals surface area contributed by atoms with Crippen LogP contribution >= 0.6 is 0 Å². The standard InChI is InChI=1S/C24H20F4N4O2/c1-31-22(33)20-12-19(30-23(34)29-13-15-5-7-18(25)8-6-15)9-10-21(20)32(31)14-16-3-2-4-17(11-16)24(26,27)28/h2-12H,13-14H2,1H3,(H2,29,30,34). The van der Waals surface area contributed by atoms with Gasteiger partial charge in [0.15, 0.2) is 0 Å². The summed E-state index contributed by atoms with van der Waals surface area (Å²) in [4.78, 5) is 25.0. The lowest BCUT2D eigenvalue weighted by molar-refractivity contribution is -0.137. The van der Waals surface area contributed by atoms with Crippen molar-refractivity contribution in [1.82, 2.24) is 14.7 Å². The molecule has 0 aliphatic rings. The first-order chi connectivity index (χ1) is 16.1. The number of urea groups is 1. The molecule has 176 valence electrons. The highest BCUT2D eigenvalue weighted by atomic mass is 19.4. The molecule has 0 radical (unpaired) electrons. The van der Waals surface area contributed by atoms with Crippen LogP contribution in [0.5, 0.6) is 0 Å². The number of carbonyl (C=O) groups excluding carboxylic acids is 1. The fourth-order valence-corrected chi connectivity index (χ4v) is 3.63. The molecule has 4 aromatic rings. The summed E-state index contributed by atoms with van der Waals surface area (Å²) in [6.07, 6.45) is -4.46. The van der Waals surface area contributed by atoms with E-state index in [1.807, 2.05) is 0 Å². The van der Waals surface area contributed by atoms with E-state index in [1.165, 1.54) is 36.0 Å². The summed E-state index contributed by atoms with van der Waals surface area (Å²) in [7, 11) is 1.53. The second kappa shape index (κ2) is 9.05. The highest BCUT2D eigenvalue weighted by Crippen LogP contribution is 2.30. The van der Waals surface area contributed by atoms with Gasteiger partial charge in [-0.3, -0.25) is 14.2 Å². The fourth-order valence-electron chi connectivity index (χ4n) is 3.63. The van der Waals surface area contributed by atoms with Crippen LogP contribution in [0.2, 0.25) is 0 Å². The van der Waals surface area contributed by atoms with Gasteiger partial charge in [0.1, 0.15) is 5.82 Å². The van der Waals surface area contributed by atoms with E-state index in [0.29, 0.717) is 27.7 Å². The molecule has 10 heteroatoms. The van der Waals surface area contributed by atoms with Gasteiger partial charge in [0, 0.05) is 19.3 Å². The molecule has 0 aliphatic heterocycles. The molecule has 2 amide bonds. The van der Waals surface area contributed by atoms with Gasteiger partial charge in [-0.2, -0.15) is 13.2 Å². The topological polar surface area (TPSA) is 68.1 Å². The normalized spacial score (nSPS) is 11.6. The number of amides is 2. The first kappa shape index (κ1) is 23.1. The number of aromatic nitrogens is 2. The van der Waals surface area contributed by atoms with E-state index in [2.05, 4.69) is 10.6 Å². The van der Waals surface area contributed by atoms with Crippen LogP contribution in [0.3, 0.4) is 0 Å². The number of hydrogen-bond acceptors (Lipinski definition) is 2. The quantitative estimate of drug-likeness (QED) is 0.407. The molecule has 0 saturated carbocycles. The second-order valence-electron chi connectivity index (χ2n) is 7.75. The van der Waals surface area contributed by atoms with Crippen LogP contribution in [0.25, 0.3) is 10.9 Å². The minimum atomic E-state index is -4.46. The van der Waals surface area contributed by atoms with Crippen molar-refractivity contribution >= 4 is 22.6 Å². The summed E-state index contributed by atoms with van der Waals surface area (Å²) in [6, 6.07) is 14.9. The molecular weight excluding hydrogens is 452 g/mol. The molecule has 34 heavy (non-hydrogen) atoms. The summed E-state index contributed by atoms with van der Waals surface area (Å²) in [5, 5.41) is 5.59. The molecular formula is C24H20F4N4O2. The number of hydrogen-bond donors (Lipinski definition) is 2. The molecule has 0 aliphatic carbocycles. The van der Waals surface area contributed by atoms with Gasteiger partial charge in [-0.05, 0) is 53.6 Å². The average molecular weight is 472 g/mol. The number of anilines is 1. The number of halogens is 4. The fraction of sp³-hybridized carbons (Fsp3) is 0.167. The zero-order valence-corrected chi connectivity index (χ0v) is 18.0. The maximum atomic E-state index is 13.0. The van der Waals surface area contributed by atoms with E-state index >= 15 is 0 Å². The van der Waals surface area contributed by atoms with Gasteiger partial charge in [-0.15, -0.1) is 0 Å². The Bertz CT molecular complexity index is 1410. The number of rotatable bonds is 5. The van der Waals surface area contributed by atoms with E-state index in [9.17, 15) is 27.2 Å². The predicted molar refractivity (Wildman–Crippen MR) is 120 cm³/mol. The number of carbonyl (C=O) groups is 1. The van der Waals surface area contributed by atoms with Gasteiger partial charge in [0.05, 0.1) is 23.0 Å².